The van der Waals surface area contributed by atoms with Crippen LogP contribution in [0.2, 0.25) is 10.3 Å². The number of rotatable bonds is 4. The fourth-order valence-electron chi connectivity index (χ4n) is 1.35. The van der Waals surface area contributed by atoms with Gasteiger partial charge in [0.2, 0.25) is 5.76 Å². The van der Waals surface area contributed by atoms with E-state index in [1.54, 1.807) is 0 Å². The third kappa shape index (κ3) is 3.46. The van der Waals surface area contributed by atoms with E-state index in [4.69, 9.17) is 32.4 Å². The predicted octanol–water partition coefficient (Wildman–Crippen LogP) is 3.25. The maximum atomic E-state index is 11.6. The summed E-state index contributed by atoms with van der Waals surface area (Å²) in [7, 11) is 0. The van der Waals surface area contributed by atoms with Crippen molar-refractivity contribution in [2.75, 3.05) is 0 Å². The molecule has 0 atom stereocenters. The molecular formula is C11H6Cl2N2O5. The zero-order chi connectivity index (χ0) is 14.7. The van der Waals surface area contributed by atoms with Crippen LogP contribution in [0.15, 0.2) is 28.7 Å². The minimum Gasteiger partial charge on any atom is -0.455 e. The molecule has 0 aliphatic rings. The Hall–Kier alpha value is -2.12. The zero-order valence-electron chi connectivity index (χ0n) is 9.71. The van der Waals surface area contributed by atoms with Gasteiger partial charge in [0, 0.05) is 0 Å². The monoisotopic (exact) mass is 316 g/mol. The molecule has 0 bridgehead atoms. The van der Waals surface area contributed by atoms with Crippen molar-refractivity contribution in [2.45, 2.75) is 6.61 Å². The maximum absolute atomic E-state index is 11.6. The molecule has 9 heteroatoms. The second-order valence-corrected chi connectivity index (χ2v) is 4.37. The quantitative estimate of drug-likeness (QED) is 0.372. The van der Waals surface area contributed by atoms with E-state index < -0.39 is 16.8 Å². The summed E-state index contributed by atoms with van der Waals surface area (Å²) in [5.41, 5.74) is 0.532. The van der Waals surface area contributed by atoms with Gasteiger partial charge in [-0.3, -0.25) is 10.1 Å². The largest absolute Gasteiger partial charge is 0.455 e. The number of hydrogen-bond donors (Lipinski definition) is 0. The molecule has 0 N–H and O–H groups in total. The van der Waals surface area contributed by atoms with Crippen LogP contribution in [0.3, 0.4) is 0 Å². The van der Waals surface area contributed by atoms with Gasteiger partial charge in [0.25, 0.3) is 0 Å². The van der Waals surface area contributed by atoms with E-state index >= 15 is 0 Å². The topological polar surface area (TPSA) is 95.5 Å². The maximum Gasteiger partial charge on any atom is 0.433 e. The third-order valence-corrected chi connectivity index (χ3v) is 2.55. The Balaban J connectivity index is 2.02. The first-order chi connectivity index (χ1) is 9.45. The van der Waals surface area contributed by atoms with Gasteiger partial charge < -0.3 is 9.15 Å². The van der Waals surface area contributed by atoms with Gasteiger partial charge in [-0.2, -0.15) is 0 Å². The number of halogens is 2. The van der Waals surface area contributed by atoms with E-state index in [1.807, 2.05) is 0 Å². The van der Waals surface area contributed by atoms with Crippen LogP contribution in [0.25, 0.3) is 0 Å². The lowest BCUT2D eigenvalue weighted by Crippen LogP contribution is -2.04. The molecule has 2 aromatic rings. The summed E-state index contributed by atoms with van der Waals surface area (Å²) in [4.78, 5) is 25.0. The first-order valence-corrected chi connectivity index (χ1v) is 5.94. The number of carbonyl (C=O) groups excluding carboxylic acids is 1. The van der Waals surface area contributed by atoms with Crippen molar-refractivity contribution in [2.24, 2.45) is 0 Å². The third-order valence-electron chi connectivity index (χ3n) is 2.17. The summed E-state index contributed by atoms with van der Waals surface area (Å²) in [5.74, 6) is -1.63. The van der Waals surface area contributed by atoms with Crippen molar-refractivity contribution in [3.63, 3.8) is 0 Å². The van der Waals surface area contributed by atoms with Crippen LogP contribution in [-0.2, 0) is 11.3 Å². The summed E-state index contributed by atoms with van der Waals surface area (Å²) in [6.07, 6.45) is 0. The molecular weight excluding hydrogens is 311 g/mol. The van der Waals surface area contributed by atoms with Crippen LogP contribution < -0.4 is 0 Å². The van der Waals surface area contributed by atoms with Crippen molar-refractivity contribution in [3.05, 3.63) is 56.0 Å². The van der Waals surface area contributed by atoms with Gasteiger partial charge in [-0.05, 0) is 23.8 Å². The first kappa shape index (κ1) is 14.3. The lowest BCUT2D eigenvalue weighted by Gasteiger charge is -2.03. The SMILES string of the molecule is O=C(OCc1cc(Cl)nc(Cl)c1)c1ccc([N+](=O)[O-])o1. The molecule has 0 aliphatic heterocycles. The van der Waals surface area contributed by atoms with Gasteiger partial charge in [-0.15, -0.1) is 0 Å². The number of nitrogens with zero attached hydrogens (tertiary/aromatic N) is 2. The summed E-state index contributed by atoms with van der Waals surface area (Å²) in [5, 5.41) is 10.7. The van der Waals surface area contributed by atoms with E-state index in [0.717, 1.165) is 12.1 Å². The number of carbonyl (C=O) groups is 1. The Morgan fingerprint density at radius 1 is 1.35 bits per heavy atom. The molecule has 0 fully saturated rings. The van der Waals surface area contributed by atoms with Crippen LogP contribution in [0.1, 0.15) is 16.1 Å². The Morgan fingerprint density at radius 2 is 2.00 bits per heavy atom. The van der Waals surface area contributed by atoms with E-state index in [0.29, 0.717) is 5.56 Å². The minimum atomic E-state index is -0.831. The van der Waals surface area contributed by atoms with E-state index in [2.05, 4.69) is 4.98 Å². The van der Waals surface area contributed by atoms with Gasteiger partial charge in [0.1, 0.15) is 21.8 Å². The summed E-state index contributed by atoms with van der Waals surface area (Å²) in [6, 6.07) is 5.18. The van der Waals surface area contributed by atoms with E-state index in [-0.39, 0.29) is 22.7 Å². The van der Waals surface area contributed by atoms with Gasteiger partial charge in [-0.1, -0.05) is 23.2 Å². The highest BCUT2D eigenvalue weighted by molar-refractivity contribution is 6.32. The Labute approximate surface area is 122 Å². The molecule has 0 unspecified atom stereocenters. The molecule has 0 saturated heterocycles. The zero-order valence-corrected chi connectivity index (χ0v) is 11.2. The number of aromatic nitrogens is 1. The molecule has 0 aliphatic carbocycles. The molecule has 2 aromatic heterocycles. The van der Waals surface area contributed by atoms with Crippen LogP contribution in [-0.4, -0.2) is 15.9 Å². The second kappa shape index (κ2) is 5.89. The first-order valence-electron chi connectivity index (χ1n) is 5.19. The molecule has 2 rings (SSSR count). The molecule has 0 spiro atoms. The number of ether oxygens (including phenoxy) is 1. The summed E-state index contributed by atoms with van der Waals surface area (Å²) < 4.78 is 9.62. The highest BCUT2D eigenvalue weighted by Gasteiger charge is 2.18. The fourth-order valence-corrected chi connectivity index (χ4v) is 1.86. The van der Waals surface area contributed by atoms with E-state index in [9.17, 15) is 14.9 Å². The normalized spacial score (nSPS) is 10.3. The van der Waals surface area contributed by atoms with Crippen LogP contribution >= 0.6 is 23.2 Å². The van der Waals surface area contributed by atoms with Crippen molar-refractivity contribution in [1.29, 1.82) is 0 Å². The van der Waals surface area contributed by atoms with E-state index in [1.165, 1.54) is 12.1 Å². The molecule has 7 nitrogen and oxygen atoms in total. The molecule has 104 valence electrons. The Morgan fingerprint density at radius 3 is 2.55 bits per heavy atom. The lowest BCUT2D eigenvalue weighted by molar-refractivity contribution is -0.402. The van der Waals surface area contributed by atoms with Gasteiger partial charge in [-0.25, -0.2) is 9.78 Å². The predicted molar refractivity (Wildman–Crippen MR) is 68.7 cm³/mol. The molecule has 0 saturated carbocycles. The van der Waals surface area contributed by atoms with Crippen LogP contribution in [0, 0.1) is 10.1 Å². The standard InChI is InChI=1S/C11H6Cl2N2O5/c12-8-3-6(4-9(13)14-8)5-19-11(16)7-1-2-10(20-7)15(17)18/h1-4H,5H2. The van der Waals surface area contributed by atoms with Gasteiger partial charge in [0.15, 0.2) is 0 Å². The number of esters is 1. The minimum absolute atomic E-state index is 0.116. The second-order valence-electron chi connectivity index (χ2n) is 3.59. The van der Waals surface area contributed by atoms with Crippen LogP contribution in [0.5, 0.6) is 0 Å². The van der Waals surface area contributed by atoms with Crippen molar-refractivity contribution in [3.8, 4) is 0 Å². The van der Waals surface area contributed by atoms with Crippen molar-refractivity contribution < 1.29 is 18.9 Å². The molecule has 0 radical (unpaired) electrons. The van der Waals surface area contributed by atoms with Gasteiger partial charge in [0.05, 0.1) is 6.07 Å². The molecule has 20 heavy (non-hydrogen) atoms. The smallest absolute Gasteiger partial charge is 0.433 e. The summed E-state index contributed by atoms with van der Waals surface area (Å²) >= 11 is 11.4. The average Bonchev–Trinajstić information content (AvgIpc) is 2.84. The lowest BCUT2D eigenvalue weighted by atomic mass is 10.3. The van der Waals surface area contributed by atoms with Crippen molar-refractivity contribution >= 4 is 35.1 Å². The molecule has 2 heterocycles. The number of nitro groups is 1. The number of hydrogen-bond acceptors (Lipinski definition) is 6. The van der Waals surface area contributed by atoms with Gasteiger partial charge >= 0.3 is 11.9 Å². The Bertz CT molecular complexity index is 650. The number of furan rings is 1. The molecule has 0 aromatic carbocycles. The number of pyridine rings is 1. The van der Waals surface area contributed by atoms with Crippen LogP contribution in [0.4, 0.5) is 5.88 Å². The average molecular weight is 317 g/mol. The van der Waals surface area contributed by atoms with Crippen molar-refractivity contribution in [1.82, 2.24) is 4.98 Å². The fraction of sp³-hybridized carbons (Fsp3) is 0.0909. The highest BCUT2D eigenvalue weighted by Crippen LogP contribution is 2.18. The molecule has 0 amide bonds. The Kier molecular flexibility index (Phi) is 4.21. The summed E-state index contributed by atoms with van der Waals surface area (Å²) in [6.45, 7) is -0.116. The highest BCUT2D eigenvalue weighted by atomic mass is 35.5.